The Morgan fingerprint density at radius 3 is 2.62 bits per heavy atom. The summed E-state index contributed by atoms with van der Waals surface area (Å²) in [6.07, 6.45) is 3.04. The summed E-state index contributed by atoms with van der Waals surface area (Å²) >= 11 is 0. The lowest BCUT2D eigenvalue weighted by Gasteiger charge is -2.61. The molecule has 0 spiro atoms. The molecule has 7 atom stereocenters. The summed E-state index contributed by atoms with van der Waals surface area (Å²) < 4.78 is 6.16. The van der Waals surface area contributed by atoms with E-state index in [9.17, 15) is 24.6 Å². The summed E-state index contributed by atoms with van der Waals surface area (Å²) in [6, 6.07) is 6.50. The Morgan fingerprint density at radius 2 is 1.95 bits per heavy atom. The molecule has 3 N–H and O–H groups in total. The standard InChI is InChI=1S/C29H38N2O6/c1-4-22(33)28(36)31(15-16-9-10-17-13-20(16)29(17,2)3)21-14-19(27(35)30-11-12-32)24-18-7-5-6-8-23(18)37-26(24)25(21)34/h5-8,14,16-17,20-21,24-26,32,34H,4,9-13,15H2,1-3H3,(H,30,35). The van der Waals surface area contributed by atoms with Crippen molar-refractivity contribution in [1.82, 2.24) is 10.2 Å². The number of amides is 2. The Hall–Kier alpha value is -2.71. The van der Waals surface area contributed by atoms with Gasteiger partial charge in [-0.15, -0.1) is 0 Å². The zero-order valence-electron chi connectivity index (χ0n) is 21.9. The maximum absolute atomic E-state index is 13.5. The second-order valence-electron chi connectivity index (χ2n) is 11.6. The lowest BCUT2D eigenvalue weighted by molar-refractivity contribution is -0.153. The first-order valence-corrected chi connectivity index (χ1v) is 13.6. The molecule has 1 aromatic rings. The van der Waals surface area contributed by atoms with Crippen LogP contribution in [0.1, 0.15) is 57.9 Å². The Labute approximate surface area is 218 Å². The van der Waals surface area contributed by atoms with Gasteiger partial charge in [0.05, 0.1) is 18.6 Å². The van der Waals surface area contributed by atoms with E-state index in [0.29, 0.717) is 29.7 Å². The normalized spacial score (nSPS) is 32.7. The summed E-state index contributed by atoms with van der Waals surface area (Å²) in [5.41, 5.74) is 1.38. The molecule has 0 radical (unpaired) electrons. The second-order valence-corrected chi connectivity index (χ2v) is 11.6. The monoisotopic (exact) mass is 510 g/mol. The fourth-order valence-electron chi connectivity index (χ4n) is 7.28. The first-order valence-electron chi connectivity index (χ1n) is 13.6. The van der Waals surface area contributed by atoms with Crippen molar-refractivity contribution in [2.45, 2.75) is 70.6 Å². The molecule has 8 nitrogen and oxygen atoms in total. The van der Waals surface area contributed by atoms with Crippen LogP contribution in [0.5, 0.6) is 5.75 Å². The number of hydrogen-bond donors (Lipinski definition) is 3. The van der Waals surface area contributed by atoms with Crippen LogP contribution < -0.4 is 10.1 Å². The van der Waals surface area contributed by atoms with E-state index in [4.69, 9.17) is 4.74 Å². The third kappa shape index (κ3) is 4.28. The number of aliphatic hydroxyl groups is 2. The molecule has 3 fully saturated rings. The van der Waals surface area contributed by atoms with Crippen LogP contribution in [-0.4, -0.2) is 70.7 Å². The highest BCUT2D eigenvalue weighted by molar-refractivity contribution is 6.36. The van der Waals surface area contributed by atoms with E-state index in [1.165, 1.54) is 4.90 Å². The molecule has 0 aromatic heterocycles. The number of Topliss-reactive ketones (excluding diaryl/α,β-unsaturated/α-hetero) is 1. The van der Waals surface area contributed by atoms with E-state index in [2.05, 4.69) is 19.2 Å². The fraction of sp³-hybridized carbons (Fsp3) is 0.621. The number of hydrogen-bond acceptors (Lipinski definition) is 6. The predicted octanol–water partition coefficient (Wildman–Crippen LogP) is 2.19. The number of nitrogens with zero attached hydrogens (tertiary/aromatic N) is 1. The molecule has 37 heavy (non-hydrogen) atoms. The number of ether oxygens (including phenoxy) is 1. The number of aliphatic hydroxyl groups excluding tert-OH is 2. The Balaban J connectivity index is 1.52. The Kier molecular flexibility index (Phi) is 6.92. The van der Waals surface area contributed by atoms with Gasteiger partial charge in [0, 0.05) is 30.6 Å². The minimum absolute atomic E-state index is 0.0708. The number of para-hydroxylation sites is 1. The number of carbonyl (C=O) groups excluding carboxylic acids is 3. The van der Waals surface area contributed by atoms with Gasteiger partial charge in [-0.3, -0.25) is 14.4 Å². The van der Waals surface area contributed by atoms with Gasteiger partial charge in [-0.05, 0) is 54.6 Å². The molecule has 3 saturated carbocycles. The molecule has 5 aliphatic rings. The minimum Gasteiger partial charge on any atom is -0.486 e. The van der Waals surface area contributed by atoms with E-state index in [1.54, 1.807) is 19.1 Å². The molecule has 2 amide bonds. The zero-order chi connectivity index (χ0) is 26.5. The van der Waals surface area contributed by atoms with Crippen LogP contribution in [0.25, 0.3) is 0 Å². The zero-order valence-corrected chi connectivity index (χ0v) is 21.9. The summed E-state index contributed by atoms with van der Waals surface area (Å²) in [6.45, 7) is 6.47. The highest BCUT2D eigenvalue weighted by Crippen LogP contribution is 2.61. The van der Waals surface area contributed by atoms with Crippen LogP contribution in [0.4, 0.5) is 0 Å². The maximum atomic E-state index is 13.5. The van der Waals surface area contributed by atoms with Gasteiger partial charge in [-0.1, -0.05) is 39.0 Å². The van der Waals surface area contributed by atoms with E-state index in [0.717, 1.165) is 24.8 Å². The fourth-order valence-corrected chi connectivity index (χ4v) is 7.28. The van der Waals surface area contributed by atoms with Crippen molar-refractivity contribution in [2.24, 2.45) is 23.2 Å². The van der Waals surface area contributed by atoms with Crippen molar-refractivity contribution in [3.05, 3.63) is 41.5 Å². The van der Waals surface area contributed by atoms with E-state index in [-0.39, 0.29) is 36.8 Å². The lowest BCUT2D eigenvalue weighted by atomic mass is 9.45. The van der Waals surface area contributed by atoms with Crippen LogP contribution in [0.2, 0.25) is 0 Å². The third-order valence-corrected chi connectivity index (χ3v) is 9.49. The number of rotatable bonds is 8. The molecule has 1 aliphatic heterocycles. The molecule has 200 valence electrons. The minimum atomic E-state index is -1.12. The SMILES string of the molecule is CCC(=O)C(=O)N(CC1CCC2CC1C2(C)C)C1C=C(C(=O)NCCO)C2c3ccccc3OC2C1O. The number of benzene rings is 1. The van der Waals surface area contributed by atoms with Gasteiger partial charge in [0.25, 0.3) is 5.91 Å². The van der Waals surface area contributed by atoms with Crippen molar-refractivity contribution < 1.29 is 29.3 Å². The highest BCUT2D eigenvalue weighted by Gasteiger charge is 2.56. The van der Waals surface area contributed by atoms with Crippen LogP contribution in [0, 0.1) is 23.2 Å². The summed E-state index contributed by atoms with van der Waals surface area (Å²) in [4.78, 5) is 41.0. The lowest BCUT2D eigenvalue weighted by Crippen LogP contribution is -2.60. The average molecular weight is 511 g/mol. The first kappa shape index (κ1) is 25.9. The molecule has 2 bridgehead atoms. The van der Waals surface area contributed by atoms with Crippen LogP contribution in [-0.2, 0) is 14.4 Å². The molecule has 0 saturated heterocycles. The molecular weight excluding hydrogens is 472 g/mol. The summed E-state index contributed by atoms with van der Waals surface area (Å²) in [5, 5.41) is 23.6. The van der Waals surface area contributed by atoms with E-state index < -0.39 is 35.9 Å². The number of fused-ring (bicyclic) bond motifs is 5. The average Bonchev–Trinajstić information content (AvgIpc) is 3.30. The molecule has 7 unspecified atom stereocenters. The third-order valence-electron chi connectivity index (χ3n) is 9.49. The quantitative estimate of drug-likeness (QED) is 0.462. The summed E-state index contributed by atoms with van der Waals surface area (Å²) in [5.74, 6) is -0.0526. The molecule has 1 aromatic carbocycles. The molecule has 4 aliphatic carbocycles. The molecule has 1 heterocycles. The Morgan fingerprint density at radius 1 is 1.19 bits per heavy atom. The number of ketones is 1. The van der Waals surface area contributed by atoms with Crippen LogP contribution in [0.15, 0.2) is 35.9 Å². The second kappa shape index (κ2) is 9.87. The maximum Gasteiger partial charge on any atom is 0.290 e. The van der Waals surface area contributed by atoms with Crippen molar-refractivity contribution in [3.8, 4) is 5.75 Å². The first-order chi connectivity index (χ1) is 17.7. The van der Waals surface area contributed by atoms with E-state index in [1.807, 2.05) is 18.2 Å². The number of nitrogens with one attached hydrogen (secondary N) is 1. The van der Waals surface area contributed by atoms with Crippen molar-refractivity contribution in [1.29, 1.82) is 0 Å². The van der Waals surface area contributed by atoms with Crippen molar-refractivity contribution >= 4 is 17.6 Å². The van der Waals surface area contributed by atoms with Gasteiger partial charge in [0.2, 0.25) is 11.7 Å². The molecule has 6 rings (SSSR count). The van der Waals surface area contributed by atoms with Gasteiger partial charge in [-0.2, -0.15) is 0 Å². The largest absolute Gasteiger partial charge is 0.486 e. The van der Waals surface area contributed by atoms with Gasteiger partial charge < -0.3 is 25.2 Å². The van der Waals surface area contributed by atoms with Crippen molar-refractivity contribution in [2.75, 3.05) is 19.7 Å². The summed E-state index contributed by atoms with van der Waals surface area (Å²) in [7, 11) is 0. The van der Waals surface area contributed by atoms with Crippen LogP contribution >= 0.6 is 0 Å². The topological polar surface area (TPSA) is 116 Å². The van der Waals surface area contributed by atoms with Crippen LogP contribution in [0.3, 0.4) is 0 Å². The Bertz CT molecular complexity index is 1110. The van der Waals surface area contributed by atoms with E-state index >= 15 is 0 Å². The van der Waals surface area contributed by atoms with Crippen molar-refractivity contribution in [3.63, 3.8) is 0 Å². The molecular formula is C29H38N2O6. The van der Waals surface area contributed by atoms with Gasteiger partial charge in [-0.25, -0.2) is 0 Å². The molecule has 8 heteroatoms. The number of carbonyl (C=O) groups is 3. The van der Waals surface area contributed by atoms with Gasteiger partial charge in [0.1, 0.15) is 18.0 Å². The van der Waals surface area contributed by atoms with Gasteiger partial charge >= 0.3 is 0 Å². The predicted molar refractivity (Wildman–Crippen MR) is 137 cm³/mol. The highest BCUT2D eigenvalue weighted by atomic mass is 16.5. The smallest absolute Gasteiger partial charge is 0.290 e. The van der Waals surface area contributed by atoms with Gasteiger partial charge in [0.15, 0.2) is 0 Å².